The molecule has 0 amide bonds. The van der Waals surface area contributed by atoms with E-state index in [1.165, 1.54) is 21.3 Å². The first-order valence-electron chi connectivity index (χ1n) is 3.93. The molecule has 0 radical (unpaired) electrons. The van der Waals surface area contributed by atoms with E-state index < -0.39 is 16.0 Å². The Morgan fingerprint density at radius 1 is 1.36 bits per heavy atom. The van der Waals surface area contributed by atoms with Crippen molar-refractivity contribution in [1.29, 1.82) is 0 Å². The average molecular weight is 225 g/mol. The summed E-state index contributed by atoms with van der Waals surface area (Å²) in [5.74, 6) is -0.731. The fourth-order valence-electron chi connectivity index (χ4n) is 0.689. The molecule has 0 spiro atoms. The zero-order valence-corrected chi connectivity index (χ0v) is 9.33. The first-order chi connectivity index (χ1) is 6.44. The van der Waals surface area contributed by atoms with Gasteiger partial charge in [0.25, 0.3) is 0 Å². The number of hydrogen-bond acceptors (Lipinski definition) is 5. The Hall–Kier alpha value is -0.660. The number of rotatable bonds is 6. The van der Waals surface area contributed by atoms with E-state index in [0.29, 0.717) is 0 Å². The van der Waals surface area contributed by atoms with E-state index in [-0.39, 0.29) is 18.9 Å². The first-order valence-corrected chi connectivity index (χ1v) is 5.54. The lowest BCUT2D eigenvalue weighted by atomic mass is 10.7. The van der Waals surface area contributed by atoms with Crippen LogP contribution in [0.25, 0.3) is 0 Å². The van der Waals surface area contributed by atoms with E-state index in [9.17, 15) is 13.2 Å². The largest absolute Gasteiger partial charge is 0.468 e. The van der Waals surface area contributed by atoms with Gasteiger partial charge in [-0.15, -0.1) is 0 Å². The third kappa shape index (κ3) is 4.54. The molecule has 14 heavy (non-hydrogen) atoms. The number of carbonyl (C=O) groups excluding carboxylic acids is 1. The van der Waals surface area contributed by atoms with Gasteiger partial charge in [0.2, 0.25) is 10.0 Å². The standard InChI is InChI=1S/C7H15NO5S/c1-8(6-7(9)13-3)14(10,11)5-4-12-2/h4-6H2,1-3H3. The summed E-state index contributed by atoms with van der Waals surface area (Å²) in [4.78, 5) is 10.8. The van der Waals surface area contributed by atoms with Crippen LogP contribution in [0.15, 0.2) is 0 Å². The van der Waals surface area contributed by atoms with Crippen molar-refractivity contribution in [3.63, 3.8) is 0 Å². The van der Waals surface area contributed by atoms with Crippen LogP contribution in [-0.4, -0.2) is 58.9 Å². The summed E-state index contributed by atoms with van der Waals surface area (Å²) < 4.78 is 32.7. The van der Waals surface area contributed by atoms with Gasteiger partial charge in [0.1, 0.15) is 6.54 Å². The maximum atomic E-state index is 11.4. The minimum atomic E-state index is -3.42. The van der Waals surface area contributed by atoms with Crippen LogP contribution in [-0.2, 0) is 24.3 Å². The summed E-state index contributed by atoms with van der Waals surface area (Å²) in [5, 5.41) is 0. The lowest BCUT2D eigenvalue weighted by Gasteiger charge is -2.14. The molecule has 0 saturated heterocycles. The minimum Gasteiger partial charge on any atom is -0.468 e. The van der Waals surface area contributed by atoms with Crippen LogP contribution < -0.4 is 0 Å². The van der Waals surface area contributed by atoms with Gasteiger partial charge < -0.3 is 9.47 Å². The second-order valence-corrected chi connectivity index (χ2v) is 4.84. The fraction of sp³-hybridized carbons (Fsp3) is 0.857. The summed E-state index contributed by atoms with van der Waals surface area (Å²) in [5.41, 5.74) is 0. The van der Waals surface area contributed by atoms with Crippen molar-refractivity contribution in [2.45, 2.75) is 0 Å². The molecule has 0 fully saturated rings. The summed E-state index contributed by atoms with van der Waals surface area (Å²) >= 11 is 0. The molecule has 0 aliphatic heterocycles. The van der Waals surface area contributed by atoms with Gasteiger partial charge in [-0.3, -0.25) is 4.79 Å². The third-order valence-corrected chi connectivity index (χ3v) is 3.36. The number of nitrogens with zero attached hydrogens (tertiary/aromatic N) is 1. The molecule has 0 heterocycles. The van der Waals surface area contributed by atoms with Crippen LogP contribution >= 0.6 is 0 Å². The number of carbonyl (C=O) groups is 1. The van der Waals surface area contributed by atoms with Crippen molar-refractivity contribution < 1.29 is 22.7 Å². The molecule has 0 aromatic carbocycles. The van der Waals surface area contributed by atoms with Crippen LogP contribution in [0, 0.1) is 0 Å². The van der Waals surface area contributed by atoms with Crippen molar-refractivity contribution in [3.8, 4) is 0 Å². The topological polar surface area (TPSA) is 72.9 Å². The van der Waals surface area contributed by atoms with Crippen molar-refractivity contribution in [2.24, 2.45) is 0 Å². The van der Waals surface area contributed by atoms with E-state index in [2.05, 4.69) is 9.47 Å². The van der Waals surface area contributed by atoms with Gasteiger partial charge in [-0.1, -0.05) is 0 Å². The van der Waals surface area contributed by atoms with Gasteiger partial charge in [-0.05, 0) is 0 Å². The highest BCUT2D eigenvalue weighted by atomic mass is 32.2. The zero-order valence-electron chi connectivity index (χ0n) is 8.52. The number of methoxy groups -OCH3 is 2. The van der Waals surface area contributed by atoms with Crippen LogP contribution in [0.2, 0.25) is 0 Å². The monoisotopic (exact) mass is 225 g/mol. The van der Waals surface area contributed by atoms with Crippen molar-refractivity contribution >= 4 is 16.0 Å². The first kappa shape index (κ1) is 13.3. The Balaban J connectivity index is 4.21. The molecular formula is C7H15NO5S. The quantitative estimate of drug-likeness (QED) is 0.546. The summed E-state index contributed by atoms with van der Waals surface area (Å²) in [6.45, 7) is -0.170. The van der Waals surface area contributed by atoms with E-state index in [1.807, 2.05) is 0 Å². The number of esters is 1. The summed E-state index contributed by atoms with van der Waals surface area (Å²) in [6, 6.07) is 0. The fourth-order valence-corrected chi connectivity index (χ4v) is 1.68. The normalized spacial score (nSPS) is 11.7. The molecule has 0 bridgehead atoms. The molecule has 0 saturated carbocycles. The van der Waals surface area contributed by atoms with Crippen molar-refractivity contribution in [2.75, 3.05) is 40.2 Å². The molecule has 0 aromatic heterocycles. The molecule has 0 aliphatic carbocycles. The SMILES string of the molecule is COCCS(=O)(=O)N(C)CC(=O)OC. The van der Waals surface area contributed by atoms with Crippen LogP contribution in [0.5, 0.6) is 0 Å². The number of likely N-dealkylation sites (N-methyl/N-ethyl adjacent to an activating group) is 1. The molecule has 0 atom stereocenters. The highest BCUT2D eigenvalue weighted by Gasteiger charge is 2.20. The molecular weight excluding hydrogens is 210 g/mol. The van der Waals surface area contributed by atoms with Gasteiger partial charge >= 0.3 is 5.97 Å². The van der Waals surface area contributed by atoms with Crippen LogP contribution in [0.3, 0.4) is 0 Å². The number of sulfonamides is 1. The lowest BCUT2D eigenvalue weighted by molar-refractivity contribution is -0.140. The van der Waals surface area contributed by atoms with Gasteiger partial charge in [0.05, 0.1) is 19.5 Å². The number of ether oxygens (including phenoxy) is 2. The van der Waals surface area contributed by atoms with Gasteiger partial charge in [0, 0.05) is 14.2 Å². The third-order valence-electron chi connectivity index (χ3n) is 1.60. The molecule has 6 nitrogen and oxygen atoms in total. The second kappa shape index (κ2) is 5.94. The molecule has 7 heteroatoms. The minimum absolute atomic E-state index is 0.105. The van der Waals surface area contributed by atoms with Crippen LogP contribution in [0.1, 0.15) is 0 Å². The van der Waals surface area contributed by atoms with E-state index in [4.69, 9.17) is 0 Å². The predicted octanol–water partition coefficient (Wildman–Crippen LogP) is -0.933. The maximum Gasteiger partial charge on any atom is 0.320 e. The smallest absolute Gasteiger partial charge is 0.320 e. The molecule has 0 aromatic rings. The Labute approximate surface area is 83.8 Å². The van der Waals surface area contributed by atoms with Crippen molar-refractivity contribution in [3.05, 3.63) is 0 Å². The van der Waals surface area contributed by atoms with E-state index in [1.54, 1.807) is 0 Å². The predicted molar refractivity (Wildman–Crippen MR) is 50.3 cm³/mol. The van der Waals surface area contributed by atoms with E-state index in [0.717, 1.165) is 4.31 Å². The Bertz CT molecular complexity index is 274. The van der Waals surface area contributed by atoms with E-state index >= 15 is 0 Å². The Morgan fingerprint density at radius 3 is 2.36 bits per heavy atom. The molecule has 0 unspecified atom stereocenters. The molecule has 0 rings (SSSR count). The average Bonchev–Trinajstić information content (AvgIpc) is 2.14. The van der Waals surface area contributed by atoms with Gasteiger partial charge in [-0.25, -0.2) is 8.42 Å². The van der Waals surface area contributed by atoms with Crippen LogP contribution in [0.4, 0.5) is 0 Å². The van der Waals surface area contributed by atoms with Gasteiger partial charge in [-0.2, -0.15) is 4.31 Å². The second-order valence-electron chi connectivity index (χ2n) is 2.64. The lowest BCUT2D eigenvalue weighted by Crippen LogP contribution is -2.35. The number of hydrogen-bond donors (Lipinski definition) is 0. The Morgan fingerprint density at radius 2 is 1.93 bits per heavy atom. The molecule has 0 aliphatic rings. The highest BCUT2D eigenvalue weighted by Crippen LogP contribution is 1.98. The maximum absolute atomic E-state index is 11.4. The van der Waals surface area contributed by atoms with Gasteiger partial charge in [0.15, 0.2) is 0 Å². The van der Waals surface area contributed by atoms with Crippen molar-refractivity contribution in [1.82, 2.24) is 4.31 Å². The molecule has 84 valence electrons. The zero-order chi connectivity index (χ0) is 11.2. The Kier molecular flexibility index (Phi) is 5.66. The molecule has 0 N–H and O–H groups in total. The summed E-state index contributed by atoms with van der Waals surface area (Å²) in [7, 11) is 0.520. The summed E-state index contributed by atoms with van der Waals surface area (Å²) in [6.07, 6.45) is 0. The highest BCUT2D eigenvalue weighted by molar-refractivity contribution is 7.89.